The number of aliphatic hydroxyl groups excluding tert-OH is 1. The maximum atomic E-state index is 13.3. The predicted octanol–water partition coefficient (Wildman–Crippen LogP) is 2.23. The summed E-state index contributed by atoms with van der Waals surface area (Å²) in [4.78, 5) is 0. The molecule has 0 radical (unpaired) electrons. The second-order valence-corrected chi connectivity index (χ2v) is 3.19. The van der Waals surface area contributed by atoms with Crippen molar-refractivity contribution in [3.8, 4) is 11.5 Å². The molecule has 0 bridgehead atoms. The zero-order valence-electron chi connectivity index (χ0n) is 9.08. The molecule has 0 aliphatic heterocycles. The fraction of sp³-hybridized carbons (Fsp3) is 0.455. The summed E-state index contributed by atoms with van der Waals surface area (Å²) in [5.74, 6) is 0.813. The van der Waals surface area contributed by atoms with Crippen LogP contribution < -0.4 is 9.47 Å². The van der Waals surface area contributed by atoms with Gasteiger partial charge in [0.1, 0.15) is 6.17 Å². The molecule has 1 rings (SSSR count). The SMILES string of the molecule is COc1cc(CO)cc(C(C)F)c1OC. The Labute approximate surface area is 88.4 Å². The number of rotatable bonds is 4. The fourth-order valence-electron chi connectivity index (χ4n) is 1.44. The molecule has 1 aromatic rings. The molecule has 0 saturated carbocycles. The highest BCUT2D eigenvalue weighted by atomic mass is 19.1. The van der Waals surface area contributed by atoms with Gasteiger partial charge in [0.15, 0.2) is 11.5 Å². The molecule has 0 fully saturated rings. The van der Waals surface area contributed by atoms with Crippen LogP contribution in [0.1, 0.15) is 24.2 Å². The molecular formula is C11H15FO3. The third-order valence-corrected chi connectivity index (χ3v) is 2.18. The van der Waals surface area contributed by atoms with Gasteiger partial charge in [-0.25, -0.2) is 4.39 Å². The minimum atomic E-state index is -1.17. The maximum absolute atomic E-state index is 13.3. The third-order valence-electron chi connectivity index (χ3n) is 2.18. The zero-order chi connectivity index (χ0) is 11.4. The highest BCUT2D eigenvalue weighted by Crippen LogP contribution is 2.37. The van der Waals surface area contributed by atoms with Gasteiger partial charge in [0.2, 0.25) is 0 Å². The zero-order valence-corrected chi connectivity index (χ0v) is 9.08. The van der Waals surface area contributed by atoms with E-state index >= 15 is 0 Å². The van der Waals surface area contributed by atoms with E-state index in [1.54, 1.807) is 12.1 Å². The molecule has 3 nitrogen and oxygen atoms in total. The first kappa shape index (κ1) is 11.8. The standard InChI is InChI=1S/C11H15FO3/c1-7(12)9-4-8(6-13)5-10(14-2)11(9)15-3/h4-5,7,13H,6H2,1-3H3. The highest BCUT2D eigenvalue weighted by Gasteiger charge is 2.16. The van der Waals surface area contributed by atoms with Gasteiger partial charge in [-0.2, -0.15) is 0 Å². The van der Waals surface area contributed by atoms with Crippen LogP contribution in [0.3, 0.4) is 0 Å². The lowest BCUT2D eigenvalue weighted by atomic mass is 10.1. The van der Waals surface area contributed by atoms with E-state index in [2.05, 4.69) is 0 Å². The van der Waals surface area contributed by atoms with Crippen LogP contribution in [-0.2, 0) is 6.61 Å². The van der Waals surface area contributed by atoms with Crippen molar-refractivity contribution in [2.45, 2.75) is 19.7 Å². The molecule has 1 aromatic carbocycles. The number of halogens is 1. The van der Waals surface area contributed by atoms with E-state index in [1.165, 1.54) is 21.1 Å². The van der Waals surface area contributed by atoms with E-state index in [-0.39, 0.29) is 6.61 Å². The number of benzene rings is 1. The van der Waals surface area contributed by atoms with Crippen LogP contribution in [0.15, 0.2) is 12.1 Å². The molecule has 0 aromatic heterocycles. The van der Waals surface area contributed by atoms with E-state index in [0.717, 1.165) is 0 Å². The number of aliphatic hydroxyl groups is 1. The smallest absolute Gasteiger partial charge is 0.166 e. The van der Waals surface area contributed by atoms with Crippen molar-refractivity contribution < 1.29 is 19.0 Å². The van der Waals surface area contributed by atoms with E-state index in [4.69, 9.17) is 14.6 Å². The van der Waals surface area contributed by atoms with Crippen molar-refractivity contribution in [2.24, 2.45) is 0 Å². The van der Waals surface area contributed by atoms with Gasteiger partial charge in [-0.1, -0.05) is 0 Å². The first-order valence-corrected chi connectivity index (χ1v) is 4.63. The van der Waals surface area contributed by atoms with Gasteiger partial charge in [0.05, 0.1) is 20.8 Å². The maximum Gasteiger partial charge on any atom is 0.166 e. The lowest BCUT2D eigenvalue weighted by Crippen LogP contribution is -1.99. The van der Waals surface area contributed by atoms with Crippen LogP contribution >= 0.6 is 0 Å². The Morgan fingerprint density at radius 3 is 2.40 bits per heavy atom. The summed E-state index contributed by atoms with van der Waals surface area (Å²) >= 11 is 0. The first-order valence-electron chi connectivity index (χ1n) is 4.63. The van der Waals surface area contributed by atoms with Crippen LogP contribution in [-0.4, -0.2) is 19.3 Å². The molecule has 0 amide bonds. The summed E-state index contributed by atoms with van der Waals surface area (Å²) in [6.45, 7) is 1.26. The number of alkyl halides is 1. The Morgan fingerprint density at radius 1 is 1.33 bits per heavy atom. The molecule has 84 valence electrons. The summed E-state index contributed by atoms with van der Waals surface area (Å²) in [6.07, 6.45) is -1.17. The van der Waals surface area contributed by atoms with Crippen molar-refractivity contribution in [1.82, 2.24) is 0 Å². The molecule has 0 aliphatic rings. The summed E-state index contributed by atoms with van der Waals surface area (Å²) < 4.78 is 23.4. The number of hydrogen-bond donors (Lipinski definition) is 1. The van der Waals surface area contributed by atoms with Gasteiger partial charge in [0, 0.05) is 5.56 Å². The molecule has 4 heteroatoms. The summed E-state index contributed by atoms with van der Waals surface area (Å²) in [5.41, 5.74) is 0.994. The molecule has 1 atom stereocenters. The predicted molar refractivity (Wildman–Crippen MR) is 55.0 cm³/mol. The minimum absolute atomic E-state index is 0.153. The molecule has 0 aliphatic carbocycles. The second kappa shape index (κ2) is 4.98. The molecule has 15 heavy (non-hydrogen) atoms. The first-order chi connectivity index (χ1) is 7.13. The minimum Gasteiger partial charge on any atom is -0.493 e. The number of hydrogen-bond acceptors (Lipinski definition) is 3. The average Bonchev–Trinajstić information content (AvgIpc) is 2.26. The lowest BCUT2D eigenvalue weighted by Gasteiger charge is -2.15. The summed E-state index contributed by atoms with van der Waals surface area (Å²) in [5, 5.41) is 9.01. The lowest BCUT2D eigenvalue weighted by molar-refractivity contribution is 0.278. The Kier molecular flexibility index (Phi) is 3.91. The van der Waals surface area contributed by atoms with E-state index in [9.17, 15) is 4.39 Å². The van der Waals surface area contributed by atoms with Crippen LogP contribution in [0.2, 0.25) is 0 Å². The van der Waals surface area contributed by atoms with Gasteiger partial charge < -0.3 is 14.6 Å². The number of ether oxygens (including phenoxy) is 2. The average molecular weight is 214 g/mol. The van der Waals surface area contributed by atoms with Crippen LogP contribution in [0, 0.1) is 0 Å². The molecule has 1 N–H and O–H groups in total. The largest absolute Gasteiger partial charge is 0.493 e. The molecular weight excluding hydrogens is 199 g/mol. The van der Waals surface area contributed by atoms with E-state index in [0.29, 0.717) is 22.6 Å². The van der Waals surface area contributed by atoms with Gasteiger partial charge in [-0.15, -0.1) is 0 Å². The van der Waals surface area contributed by atoms with Gasteiger partial charge in [-0.05, 0) is 24.6 Å². The van der Waals surface area contributed by atoms with Gasteiger partial charge in [-0.3, -0.25) is 0 Å². The Hall–Kier alpha value is -1.29. The molecule has 0 heterocycles. The Balaban J connectivity index is 3.32. The topological polar surface area (TPSA) is 38.7 Å². The molecule has 1 unspecified atom stereocenters. The van der Waals surface area contributed by atoms with Crippen LogP contribution in [0.5, 0.6) is 11.5 Å². The van der Waals surface area contributed by atoms with E-state index < -0.39 is 6.17 Å². The van der Waals surface area contributed by atoms with Crippen LogP contribution in [0.25, 0.3) is 0 Å². The second-order valence-electron chi connectivity index (χ2n) is 3.19. The monoisotopic (exact) mass is 214 g/mol. The summed E-state index contributed by atoms with van der Waals surface area (Å²) in [6, 6.07) is 3.21. The van der Waals surface area contributed by atoms with Crippen LogP contribution in [0.4, 0.5) is 4.39 Å². The Morgan fingerprint density at radius 2 is 2.00 bits per heavy atom. The Bertz CT molecular complexity index is 337. The normalized spacial score (nSPS) is 12.3. The third kappa shape index (κ3) is 2.39. The van der Waals surface area contributed by atoms with Crippen molar-refractivity contribution >= 4 is 0 Å². The van der Waals surface area contributed by atoms with Gasteiger partial charge >= 0.3 is 0 Å². The number of methoxy groups -OCH3 is 2. The van der Waals surface area contributed by atoms with Gasteiger partial charge in [0.25, 0.3) is 0 Å². The molecule has 0 spiro atoms. The molecule has 0 saturated heterocycles. The quantitative estimate of drug-likeness (QED) is 0.835. The van der Waals surface area contributed by atoms with Crippen molar-refractivity contribution in [1.29, 1.82) is 0 Å². The summed E-state index contributed by atoms with van der Waals surface area (Å²) in [7, 11) is 2.94. The van der Waals surface area contributed by atoms with Crippen molar-refractivity contribution in [3.05, 3.63) is 23.3 Å². The highest BCUT2D eigenvalue weighted by molar-refractivity contribution is 5.50. The van der Waals surface area contributed by atoms with Crippen molar-refractivity contribution in [3.63, 3.8) is 0 Å². The fourth-order valence-corrected chi connectivity index (χ4v) is 1.44. The van der Waals surface area contributed by atoms with Crippen molar-refractivity contribution in [2.75, 3.05) is 14.2 Å². The van der Waals surface area contributed by atoms with E-state index in [1.807, 2.05) is 0 Å².